The maximum absolute atomic E-state index is 6.01. The van der Waals surface area contributed by atoms with E-state index in [1.54, 1.807) is 0 Å². The molecule has 2 N–H and O–H groups in total. The molecule has 18 heavy (non-hydrogen) atoms. The van der Waals surface area contributed by atoms with Crippen molar-refractivity contribution >= 4 is 0 Å². The minimum Gasteiger partial charge on any atom is -0.328 e. The minimum atomic E-state index is 0.486. The Morgan fingerprint density at radius 3 is 2.33 bits per heavy atom. The average molecular weight is 251 g/mol. The van der Waals surface area contributed by atoms with Crippen molar-refractivity contribution in [1.29, 1.82) is 0 Å². The molecule has 0 aromatic rings. The summed E-state index contributed by atoms with van der Waals surface area (Å²) >= 11 is 0. The highest BCUT2D eigenvalue weighted by Gasteiger charge is 2.28. The lowest BCUT2D eigenvalue weighted by Gasteiger charge is -2.35. The Labute approximate surface area is 112 Å². The third-order valence-corrected chi connectivity index (χ3v) is 5.09. The van der Waals surface area contributed by atoms with Gasteiger partial charge >= 0.3 is 0 Å². The van der Waals surface area contributed by atoms with E-state index < -0.39 is 0 Å². The molecule has 0 aromatic carbocycles. The topological polar surface area (TPSA) is 32.5 Å². The second kappa shape index (κ2) is 5.89. The van der Waals surface area contributed by atoms with Gasteiger partial charge in [-0.2, -0.15) is 0 Å². The first-order valence-electron chi connectivity index (χ1n) is 8.03. The maximum Gasteiger partial charge on any atom is 0.0112 e. The molecular formula is C15H29N3. The first-order chi connectivity index (χ1) is 8.81. The van der Waals surface area contributed by atoms with Crippen molar-refractivity contribution in [3.63, 3.8) is 0 Å². The van der Waals surface area contributed by atoms with Crippen molar-refractivity contribution in [3.8, 4) is 0 Å². The molecule has 0 amide bonds. The van der Waals surface area contributed by atoms with Crippen molar-refractivity contribution < 1.29 is 0 Å². The fraction of sp³-hybridized carbons (Fsp3) is 1.00. The minimum absolute atomic E-state index is 0.486. The van der Waals surface area contributed by atoms with Gasteiger partial charge in [-0.3, -0.25) is 4.90 Å². The smallest absolute Gasteiger partial charge is 0.0112 e. The molecule has 0 bridgehead atoms. The molecule has 0 radical (unpaired) electrons. The first kappa shape index (κ1) is 12.9. The van der Waals surface area contributed by atoms with Gasteiger partial charge in [-0.1, -0.05) is 0 Å². The summed E-state index contributed by atoms with van der Waals surface area (Å²) in [5.74, 6) is 1.05. The summed E-state index contributed by atoms with van der Waals surface area (Å²) in [6.45, 7) is 6.63. The van der Waals surface area contributed by atoms with E-state index in [4.69, 9.17) is 5.73 Å². The first-order valence-corrected chi connectivity index (χ1v) is 8.03. The Kier molecular flexibility index (Phi) is 4.22. The van der Waals surface area contributed by atoms with Crippen LogP contribution in [0.1, 0.15) is 44.9 Å². The van der Waals surface area contributed by atoms with Crippen LogP contribution >= 0.6 is 0 Å². The summed E-state index contributed by atoms with van der Waals surface area (Å²) < 4.78 is 0. The number of hydrogen-bond acceptors (Lipinski definition) is 3. The van der Waals surface area contributed by atoms with Crippen molar-refractivity contribution in [2.45, 2.75) is 57.0 Å². The molecule has 3 nitrogen and oxygen atoms in total. The van der Waals surface area contributed by atoms with Crippen LogP contribution in [-0.2, 0) is 0 Å². The molecule has 0 aromatic heterocycles. The molecule has 1 saturated heterocycles. The zero-order valence-corrected chi connectivity index (χ0v) is 11.7. The molecule has 1 heterocycles. The summed E-state index contributed by atoms with van der Waals surface area (Å²) in [6, 6.07) is 1.32. The molecule has 3 aliphatic rings. The molecule has 0 unspecified atom stereocenters. The number of nitrogens with two attached hydrogens (primary N) is 1. The van der Waals surface area contributed by atoms with Gasteiger partial charge in [0.1, 0.15) is 0 Å². The van der Waals surface area contributed by atoms with E-state index in [0.717, 1.165) is 12.0 Å². The lowest BCUT2D eigenvalue weighted by atomic mass is 9.90. The maximum atomic E-state index is 6.01. The zero-order valence-electron chi connectivity index (χ0n) is 11.7. The largest absolute Gasteiger partial charge is 0.328 e. The van der Waals surface area contributed by atoms with Gasteiger partial charge in [-0.15, -0.1) is 0 Å². The SMILES string of the molecule is NC1CCC(N2CCCN(CC3CC3)CC2)CC1. The Bertz CT molecular complexity index is 256. The second-order valence-electron chi connectivity index (χ2n) is 6.70. The summed E-state index contributed by atoms with van der Waals surface area (Å²) in [5, 5.41) is 0. The highest BCUT2D eigenvalue weighted by atomic mass is 15.2. The quantitative estimate of drug-likeness (QED) is 0.828. The van der Waals surface area contributed by atoms with E-state index >= 15 is 0 Å². The molecule has 2 aliphatic carbocycles. The van der Waals surface area contributed by atoms with E-state index in [-0.39, 0.29) is 0 Å². The summed E-state index contributed by atoms with van der Waals surface area (Å²) in [6.07, 6.45) is 9.50. The van der Waals surface area contributed by atoms with Crippen LogP contribution in [0.3, 0.4) is 0 Å². The number of rotatable bonds is 3. The highest BCUT2D eigenvalue weighted by Crippen LogP contribution is 2.30. The lowest BCUT2D eigenvalue weighted by Crippen LogP contribution is -2.42. The van der Waals surface area contributed by atoms with Gasteiger partial charge in [0, 0.05) is 31.7 Å². The van der Waals surface area contributed by atoms with Gasteiger partial charge < -0.3 is 10.6 Å². The molecule has 0 atom stereocenters. The van der Waals surface area contributed by atoms with Crippen molar-refractivity contribution in [2.75, 3.05) is 32.7 Å². The van der Waals surface area contributed by atoms with Crippen LogP contribution in [0, 0.1) is 5.92 Å². The number of hydrogen-bond donors (Lipinski definition) is 1. The summed E-state index contributed by atoms with van der Waals surface area (Å²) in [5.41, 5.74) is 6.01. The monoisotopic (exact) mass is 251 g/mol. The van der Waals surface area contributed by atoms with Crippen molar-refractivity contribution in [1.82, 2.24) is 9.80 Å². The summed E-state index contributed by atoms with van der Waals surface area (Å²) in [7, 11) is 0. The van der Waals surface area contributed by atoms with Crippen molar-refractivity contribution in [2.24, 2.45) is 11.7 Å². The fourth-order valence-electron chi connectivity index (χ4n) is 3.67. The van der Waals surface area contributed by atoms with Gasteiger partial charge in [0.25, 0.3) is 0 Å². The second-order valence-corrected chi connectivity index (χ2v) is 6.70. The Balaban J connectivity index is 1.45. The molecule has 0 spiro atoms. The average Bonchev–Trinajstić information content (AvgIpc) is 3.19. The van der Waals surface area contributed by atoms with E-state index in [1.165, 1.54) is 77.7 Å². The lowest BCUT2D eigenvalue weighted by molar-refractivity contribution is 0.152. The fourth-order valence-corrected chi connectivity index (χ4v) is 3.67. The van der Waals surface area contributed by atoms with Crippen LogP contribution in [0.2, 0.25) is 0 Å². The van der Waals surface area contributed by atoms with Crippen LogP contribution < -0.4 is 5.73 Å². The molecule has 3 fully saturated rings. The van der Waals surface area contributed by atoms with Crippen LogP contribution in [0.4, 0.5) is 0 Å². The Morgan fingerprint density at radius 2 is 1.61 bits per heavy atom. The predicted octanol–water partition coefficient (Wildman–Crippen LogP) is 1.67. The van der Waals surface area contributed by atoms with Crippen LogP contribution in [0.15, 0.2) is 0 Å². The van der Waals surface area contributed by atoms with Gasteiger partial charge in [0.05, 0.1) is 0 Å². The van der Waals surface area contributed by atoms with Crippen LogP contribution in [0.25, 0.3) is 0 Å². The zero-order chi connectivity index (χ0) is 12.4. The molecule has 104 valence electrons. The third-order valence-electron chi connectivity index (χ3n) is 5.09. The van der Waals surface area contributed by atoms with Gasteiger partial charge in [-0.05, 0) is 64.0 Å². The van der Waals surface area contributed by atoms with Crippen molar-refractivity contribution in [3.05, 3.63) is 0 Å². The highest BCUT2D eigenvalue weighted by molar-refractivity contribution is 4.84. The normalized spacial score (nSPS) is 36.5. The Hall–Kier alpha value is -0.120. The van der Waals surface area contributed by atoms with Gasteiger partial charge in [-0.25, -0.2) is 0 Å². The van der Waals surface area contributed by atoms with Gasteiger partial charge in [0.15, 0.2) is 0 Å². The molecule has 3 rings (SSSR count). The van der Waals surface area contributed by atoms with Crippen LogP contribution in [0.5, 0.6) is 0 Å². The van der Waals surface area contributed by atoms with E-state index in [9.17, 15) is 0 Å². The molecule has 3 heteroatoms. The molecule has 1 aliphatic heterocycles. The third kappa shape index (κ3) is 3.46. The summed E-state index contributed by atoms with van der Waals surface area (Å²) in [4.78, 5) is 5.48. The predicted molar refractivity (Wildman–Crippen MR) is 75.6 cm³/mol. The molecular weight excluding hydrogens is 222 g/mol. The Morgan fingerprint density at radius 1 is 0.833 bits per heavy atom. The number of nitrogens with zero attached hydrogens (tertiary/aromatic N) is 2. The van der Waals surface area contributed by atoms with E-state index in [1.807, 2.05) is 0 Å². The van der Waals surface area contributed by atoms with Crippen LogP contribution in [-0.4, -0.2) is 54.6 Å². The molecule has 2 saturated carbocycles. The standard InChI is InChI=1S/C15H29N3/c16-14-4-6-15(7-5-14)18-9-1-8-17(10-11-18)12-13-2-3-13/h13-15H,1-12,16H2. The van der Waals surface area contributed by atoms with E-state index in [2.05, 4.69) is 9.80 Å². The van der Waals surface area contributed by atoms with E-state index in [0.29, 0.717) is 6.04 Å². The van der Waals surface area contributed by atoms with Gasteiger partial charge in [0.2, 0.25) is 0 Å².